The Morgan fingerprint density at radius 1 is 1.00 bits per heavy atom. The normalized spacial score (nSPS) is 19.5. The van der Waals surface area contributed by atoms with Crippen molar-refractivity contribution in [1.82, 2.24) is 9.55 Å². The highest BCUT2D eigenvalue weighted by atomic mass is 32.1. The minimum Gasteiger partial charge on any atom is -0.394 e. The molecule has 2 heterocycles. The number of H-pyrrole nitrogens is 1. The van der Waals surface area contributed by atoms with Gasteiger partial charge in [0.2, 0.25) is 0 Å². The van der Waals surface area contributed by atoms with Crippen LogP contribution in [0.1, 0.15) is 18.2 Å². The third kappa shape index (κ3) is 23.0. The van der Waals surface area contributed by atoms with Gasteiger partial charge in [-0.1, -0.05) is 11.8 Å². The Morgan fingerprint density at radius 3 is 1.77 bits per heavy atom. The van der Waals surface area contributed by atoms with Crippen molar-refractivity contribution in [1.29, 1.82) is 0 Å². The summed E-state index contributed by atoms with van der Waals surface area (Å²) >= 11 is 3.91. The van der Waals surface area contributed by atoms with E-state index in [1.807, 2.05) is 0 Å². The Kier molecular flexibility index (Phi) is 16.2. The number of aliphatic hydroxyl groups is 2. The summed E-state index contributed by atoms with van der Waals surface area (Å²) in [7, 11) is -13.9. The van der Waals surface area contributed by atoms with Gasteiger partial charge in [0.15, 0.2) is 0 Å². The summed E-state index contributed by atoms with van der Waals surface area (Å²) in [5.41, 5.74) is -1.12. The van der Waals surface area contributed by atoms with Crippen LogP contribution in [0.15, 0.2) is 15.8 Å². The summed E-state index contributed by atoms with van der Waals surface area (Å²) in [6.07, 6.45) is -0.921. The molecule has 0 bridgehead atoms. The standard InChI is InChI=1S/C12H14N2O5S.3H3O4P/c15-6-9-8(16)4-10(19-9)14-5-7(2-1-3-20)11(17)13-12(14)18;3*1-5(2,3)4/h5,8-10,15-16,20H,3-4,6H2,(H,13,17,18);3*(H3,1,2,3,4)/t8-,9+,10+;;;/m0.../s1. The van der Waals surface area contributed by atoms with Crippen LogP contribution in [0.25, 0.3) is 0 Å². The highest BCUT2D eigenvalue weighted by Gasteiger charge is 2.35. The predicted octanol–water partition coefficient (Wildman–Crippen LogP) is -4.33. The second kappa shape index (κ2) is 15.8. The lowest BCUT2D eigenvalue weighted by Gasteiger charge is -2.14. The number of hydrogen-bond acceptors (Lipinski definition) is 9. The molecule has 0 aliphatic carbocycles. The van der Waals surface area contributed by atoms with Gasteiger partial charge in [-0.3, -0.25) is 14.3 Å². The highest BCUT2D eigenvalue weighted by Crippen LogP contribution is 2.27. The summed E-state index contributed by atoms with van der Waals surface area (Å²) in [6, 6.07) is 0. The molecule has 0 radical (unpaired) electrons. The molecule has 35 heavy (non-hydrogen) atoms. The molecule has 1 fully saturated rings. The molecule has 3 atom stereocenters. The van der Waals surface area contributed by atoms with Gasteiger partial charge in [-0.05, 0) is 0 Å². The number of rotatable bonds is 2. The number of aromatic nitrogens is 2. The molecule has 1 aromatic rings. The summed E-state index contributed by atoms with van der Waals surface area (Å²) in [5.74, 6) is 5.49. The first-order valence-corrected chi connectivity index (χ1v) is 13.6. The fraction of sp³-hybridized carbons (Fsp3) is 0.500. The van der Waals surface area contributed by atoms with Crippen LogP contribution in [-0.2, 0) is 18.4 Å². The van der Waals surface area contributed by atoms with Crippen LogP contribution in [0.5, 0.6) is 0 Å². The van der Waals surface area contributed by atoms with Crippen LogP contribution in [0.2, 0.25) is 0 Å². The lowest BCUT2D eigenvalue weighted by atomic mass is 10.2. The van der Waals surface area contributed by atoms with Gasteiger partial charge in [0.1, 0.15) is 17.9 Å². The topological polar surface area (TPSA) is 338 Å². The average molecular weight is 592 g/mol. The molecular weight excluding hydrogens is 569 g/mol. The summed E-state index contributed by atoms with van der Waals surface area (Å²) in [5, 5.41) is 18.7. The van der Waals surface area contributed by atoms with Crippen LogP contribution >= 0.6 is 36.1 Å². The number of aromatic amines is 1. The molecule has 23 heteroatoms. The van der Waals surface area contributed by atoms with E-state index in [4.69, 9.17) is 67.6 Å². The molecule has 0 unspecified atom stereocenters. The zero-order valence-electron chi connectivity index (χ0n) is 17.0. The second-order valence-corrected chi connectivity index (χ2v) is 9.22. The van der Waals surface area contributed by atoms with Gasteiger partial charge >= 0.3 is 29.2 Å². The maximum atomic E-state index is 11.8. The molecule has 1 aliphatic heterocycles. The third-order valence-electron chi connectivity index (χ3n) is 2.96. The van der Waals surface area contributed by atoms with E-state index in [1.54, 1.807) is 0 Å². The van der Waals surface area contributed by atoms with Crippen molar-refractivity contribution in [2.75, 3.05) is 12.4 Å². The van der Waals surface area contributed by atoms with E-state index in [0.29, 0.717) is 0 Å². The minimum absolute atomic E-state index is 0.115. The number of thiol groups is 1. The van der Waals surface area contributed by atoms with Crippen molar-refractivity contribution >= 4 is 36.1 Å². The Labute approximate surface area is 200 Å². The van der Waals surface area contributed by atoms with Crippen LogP contribution < -0.4 is 11.2 Å². The average Bonchev–Trinajstić information content (AvgIpc) is 2.97. The molecule has 2 rings (SSSR count). The first-order chi connectivity index (χ1) is 15.6. The van der Waals surface area contributed by atoms with Crippen molar-refractivity contribution in [2.24, 2.45) is 0 Å². The zero-order chi connectivity index (χ0) is 28.2. The second-order valence-electron chi connectivity index (χ2n) is 5.82. The van der Waals surface area contributed by atoms with E-state index in [1.165, 1.54) is 6.20 Å². The molecule has 204 valence electrons. The van der Waals surface area contributed by atoms with Crippen LogP contribution in [-0.4, -0.2) is 88.4 Å². The van der Waals surface area contributed by atoms with Crippen molar-refractivity contribution in [3.8, 4) is 11.8 Å². The fourth-order valence-electron chi connectivity index (χ4n) is 1.97. The number of aliphatic hydroxyl groups excluding tert-OH is 2. The zero-order valence-corrected chi connectivity index (χ0v) is 20.6. The lowest BCUT2D eigenvalue weighted by Crippen LogP contribution is -2.33. The molecule has 19 nitrogen and oxygen atoms in total. The molecule has 0 saturated carbocycles. The Balaban J connectivity index is 0. The molecule has 1 aliphatic rings. The summed E-state index contributed by atoms with van der Waals surface area (Å²) in [6.45, 7) is -0.345. The summed E-state index contributed by atoms with van der Waals surface area (Å²) < 4.78 is 33.2. The highest BCUT2D eigenvalue weighted by molar-refractivity contribution is 7.80. The molecular formula is C12H23N2O17P3S. The maximum Gasteiger partial charge on any atom is 0.466 e. The largest absolute Gasteiger partial charge is 0.466 e. The van der Waals surface area contributed by atoms with Gasteiger partial charge < -0.3 is 59.0 Å². The van der Waals surface area contributed by atoms with Crippen LogP contribution in [0, 0.1) is 11.8 Å². The first-order valence-electron chi connectivity index (χ1n) is 8.31. The summed E-state index contributed by atoms with van der Waals surface area (Å²) in [4.78, 5) is 90.2. The fourth-order valence-corrected chi connectivity index (χ4v) is 2.05. The Bertz CT molecular complexity index is 1040. The van der Waals surface area contributed by atoms with E-state index < -0.39 is 53.2 Å². The molecule has 1 aromatic heterocycles. The van der Waals surface area contributed by atoms with Crippen LogP contribution in [0.3, 0.4) is 0 Å². The number of ether oxygens (including phenoxy) is 1. The van der Waals surface area contributed by atoms with Crippen LogP contribution in [0.4, 0.5) is 0 Å². The van der Waals surface area contributed by atoms with Gasteiger partial charge in [0.05, 0.1) is 18.5 Å². The van der Waals surface area contributed by atoms with Crippen molar-refractivity contribution in [3.63, 3.8) is 0 Å². The SMILES string of the molecule is O=P(O)(O)O.O=P(O)(O)O.O=P(O)(O)O.O=c1[nH]c(=O)n([C@H]2C[C@H](O)[C@@H](CO)O2)cc1C#CCS. The van der Waals surface area contributed by atoms with Crippen molar-refractivity contribution in [3.05, 3.63) is 32.6 Å². The number of nitrogens with zero attached hydrogens (tertiary/aromatic N) is 1. The maximum absolute atomic E-state index is 11.8. The van der Waals surface area contributed by atoms with E-state index in [-0.39, 0.29) is 24.3 Å². The quantitative estimate of drug-likeness (QED) is 0.0876. The van der Waals surface area contributed by atoms with E-state index in [0.717, 1.165) is 4.57 Å². The van der Waals surface area contributed by atoms with Gasteiger partial charge in [-0.2, -0.15) is 12.6 Å². The molecule has 0 amide bonds. The van der Waals surface area contributed by atoms with Crippen molar-refractivity contribution < 1.29 is 72.7 Å². The van der Waals surface area contributed by atoms with E-state index >= 15 is 0 Å². The third-order valence-corrected chi connectivity index (χ3v) is 3.12. The van der Waals surface area contributed by atoms with Gasteiger partial charge in [-0.15, -0.1) is 0 Å². The number of nitrogens with one attached hydrogen (secondary N) is 1. The number of phosphoric acid groups is 3. The lowest BCUT2D eigenvalue weighted by molar-refractivity contribution is -0.0459. The van der Waals surface area contributed by atoms with Crippen molar-refractivity contribution in [2.45, 2.75) is 24.9 Å². The van der Waals surface area contributed by atoms with Gasteiger partial charge in [0.25, 0.3) is 5.56 Å². The molecule has 0 spiro atoms. The number of hydrogen-bond donors (Lipinski definition) is 13. The molecule has 1 saturated heterocycles. The van der Waals surface area contributed by atoms with Gasteiger partial charge in [-0.25, -0.2) is 18.5 Å². The molecule has 0 aromatic carbocycles. The Morgan fingerprint density at radius 2 is 1.43 bits per heavy atom. The monoisotopic (exact) mass is 592 g/mol. The minimum atomic E-state index is -4.64. The van der Waals surface area contributed by atoms with Gasteiger partial charge in [0, 0.05) is 12.6 Å². The molecule has 12 N–H and O–H groups in total. The Hall–Kier alpha value is -1.20. The predicted molar refractivity (Wildman–Crippen MR) is 116 cm³/mol. The smallest absolute Gasteiger partial charge is 0.394 e. The first kappa shape index (κ1) is 36.0. The van der Waals surface area contributed by atoms with E-state index in [2.05, 4.69) is 29.5 Å². The van der Waals surface area contributed by atoms with E-state index in [9.17, 15) is 14.7 Å².